The zero-order valence-corrected chi connectivity index (χ0v) is 21.8. The second kappa shape index (κ2) is 11.2. The summed E-state index contributed by atoms with van der Waals surface area (Å²) < 4.78 is 44.1. The van der Waals surface area contributed by atoms with Gasteiger partial charge in [0.25, 0.3) is 0 Å². The van der Waals surface area contributed by atoms with Crippen LogP contribution < -0.4 is 15.7 Å². The van der Waals surface area contributed by atoms with Crippen molar-refractivity contribution >= 4 is 35.6 Å². The van der Waals surface area contributed by atoms with Crippen LogP contribution >= 0.6 is 11.6 Å². The molecule has 0 saturated carbocycles. The molecule has 10 heteroatoms. The molecule has 3 N–H and O–H groups in total. The summed E-state index contributed by atoms with van der Waals surface area (Å²) in [5, 5.41) is 23.1. The molecule has 2 atom stereocenters. The molecule has 0 radical (unpaired) electrons. The summed E-state index contributed by atoms with van der Waals surface area (Å²) in [6.07, 6.45) is 1.04. The first-order chi connectivity index (χ1) is 18.2. The number of hydrogen-bond acceptors (Lipinski definition) is 5. The van der Waals surface area contributed by atoms with Crippen molar-refractivity contribution in [1.82, 2.24) is 4.90 Å². The summed E-state index contributed by atoms with van der Waals surface area (Å²) in [5.41, 5.74) is 2.89. The van der Waals surface area contributed by atoms with Crippen LogP contribution in [0.5, 0.6) is 0 Å². The fourth-order valence-corrected chi connectivity index (χ4v) is 5.78. The number of nitrogens with one attached hydrogen (secondary N) is 1. The monoisotopic (exact) mass is 543 g/mol. The lowest BCUT2D eigenvalue weighted by atomic mass is 9.75. The predicted octanol–water partition coefficient (Wildman–Crippen LogP) is 4.29. The van der Waals surface area contributed by atoms with Gasteiger partial charge in [0.05, 0.1) is 24.3 Å². The third-order valence-electron chi connectivity index (χ3n) is 7.44. The van der Waals surface area contributed by atoms with E-state index < -0.39 is 24.8 Å². The number of anilines is 2. The van der Waals surface area contributed by atoms with Crippen LogP contribution in [-0.2, 0) is 6.42 Å². The van der Waals surface area contributed by atoms with Crippen LogP contribution in [0, 0.1) is 11.6 Å². The van der Waals surface area contributed by atoms with Gasteiger partial charge in [0.1, 0.15) is 11.6 Å². The van der Waals surface area contributed by atoms with Gasteiger partial charge >= 0.3 is 7.12 Å². The maximum Gasteiger partial charge on any atom is 0.488 e. The van der Waals surface area contributed by atoms with E-state index in [4.69, 9.17) is 11.6 Å². The number of hydrogen-bond donors (Lipinski definition) is 3. The van der Waals surface area contributed by atoms with Crippen molar-refractivity contribution < 1.29 is 23.2 Å². The first-order valence-electron chi connectivity index (χ1n) is 12.8. The van der Waals surface area contributed by atoms with Crippen molar-refractivity contribution in [2.24, 2.45) is 0 Å². The van der Waals surface area contributed by atoms with Crippen LogP contribution in [0.3, 0.4) is 0 Å². The van der Waals surface area contributed by atoms with Crippen molar-refractivity contribution in [3.8, 4) is 0 Å². The fraction of sp³-hybridized carbons (Fsp3) is 0.357. The first kappa shape index (κ1) is 26.9. The number of alkyl halides is 1. The van der Waals surface area contributed by atoms with E-state index in [2.05, 4.69) is 10.2 Å². The summed E-state index contributed by atoms with van der Waals surface area (Å²) in [6, 6.07) is 13.9. The third kappa shape index (κ3) is 5.38. The minimum atomic E-state index is -1.64. The number of likely N-dealkylation sites (tertiary alicyclic amines) is 1. The van der Waals surface area contributed by atoms with E-state index in [0.717, 1.165) is 11.3 Å². The summed E-state index contributed by atoms with van der Waals surface area (Å²) in [6.45, 7) is 3.68. The molecule has 38 heavy (non-hydrogen) atoms. The molecule has 0 aliphatic carbocycles. The lowest BCUT2D eigenvalue weighted by Crippen LogP contribution is -2.54. The molecule has 1 fully saturated rings. The Labute approximate surface area is 226 Å². The van der Waals surface area contributed by atoms with Gasteiger partial charge in [0, 0.05) is 42.1 Å². The Morgan fingerprint density at radius 2 is 1.71 bits per heavy atom. The van der Waals surface area contributed by atoms with Crippen LogP contribution in [-0.4, -0.2) is 60.5 Å². The van der Waals surface area contributed by atoms with E-state index >= 15 is 8.78 Å². The number of nitrogens with zero attached hydrogens (tertiary/aromatic N) is 2. The van der Waals surface area contributed by atoms with Crippen molar-refractivity contribution in [3.05, 3.63) is 87.9 Å². The largest absolute Gasteiger partial charge is 0.488 e. The van der Waals surface area contributed by atoms with Crippen LogP contribution in [0.25, 0.3) is 0 Å². The summed E-state index contributed by atoms with van der Waals surface area (Å²) in [4.78, 5) is 4.08. The summed E-state index contributed by atoms with van der Waals surface area (Å²) in [5.74, 6) is -1.34. The van der Waals surface area contributed by atoms with E-state index in [9.17, 15) is 14.4 Å². The maximum atomic E-state index is 15.8. The summed E-state index contributed by atoms with van der Waals surface area (Å²) >= 11 is 6.12. The molecule has 3 aromatic rings. The molecule has 5 nitrogen and oxygen atoms in total. The van der Waals surface area contributed by atoms with E-state index in [1.165, 1.54) is 12.1 Å². The van der Waals surface area contributed by atoms with Crippen LogP contribution in [0.2, 0.25) is 5.02 Å². The average molecular weight is 544 g/mol. The highest BCUT2D eigenvalue weighted by atomic mass is 35.5. The zero-order valence-electron chi connectivity index (χ0n) is 21.0. The smallest absolute Gasteiger partial charge is 0.423 e. The topological polar surface area (TPSA) is 59.0 Å². The van der Waals surface area contributed by atoms with Gasteiger partial charge in [-0.2, -0.15) is 0 Å². The molecule has 0 spiro atoms. The fourth-order valence-electron chi connectivity index (χ4n) is 5.65. The molecule has 200 valence electrons. The summed E-state index contributed by atoms with van der Waals surface area (Å²) in [7, 11) is -1.64. The Hall–Kier alpha value is -2.72. The van der Waals surface area contributed by atoms with Crippen molar-refractivity contribution in [2.75, 3.05) is 36.5 Å². The van der Waals surface area contributed by atoms with Gasteiger partial charge in [-0.05, 0) is 72.8 Å². The lowest BCUT2D eigenvalue weighted by Gasteiger charge is -2.44. The number of benzene rings is 3. The molecule has 2 aliphatic heterocycles. The average Bonchev–Trinajstić information content (AvgIpc) is 2.85. The Balaban J connectivity index is 1.51. The van der Waals surface area contributed by atoms with E-state index in [1.54, 1.807) is 30.3 Å². The standard InChI is InChI=1S/C28H30BClF3N3O2/c1-17-11-18-12-19(29(37)38)3-8-24(18)28(36(17)23-6-4-20(30)5-7-23)27-25(32)13-21(14-26(27)33)34-22-15-35(16-22)10-2-9-31/h3-8,12-14,17,22,28,34,37-38H,2,9-11,15-16H2,1H3/t17-,28-/m1/s1. The molecule has 2 aliphatic rings. The maximum absolute atomic E-state index is 15.8. The van der Waals surface area contributed by atoms with Gasteiger partial charge in [0.2, 0.25) is 0 Å². The zero-order chi connectivity index (χ0) is 27.0. The van der Waals surface area contributed by atoms with E-state index in [0.29, 0.717) is 54.2 Å². The SMILES string of the molecule is C[C@@H]1Cc2cc(B(O)O)ccc2[C@H](c2c(F)cc(NC3CN(CCCF)C3)cc2F)N1c1ccc(Cl)cc1. The Kier molecular flexibility index (Phi) is 7.91. The number of halogens is 4. The van der Waals surface area contributed by atoms with Gasteiger partial charge in [-0.25, -0.2) is 8.78 Å². The highest BCUT2D eigenvalue weighted by Crippen LogP contribution is 2.43. The third-order valence-corrected chi connectivity index (χ3v) is 7.69. The van der Waals surface area contributed by atoms with Crippen LogP contribution in [0.15, 0.2) is 54.6 Å². The Morgan fingerprint density at radius 3 is 2.34 bits per heavy atom. The van der Waals surface area contributed by atoms with Crippen LogP contribution in [0.1, 0.15) is 36.1 Å². The minimum Gasteiger partial charge on any atom is -0.423 e. The second-order valence-corrected chi connectivity index (χ2v) is 10.6. The minimum absolute atomic E-state index is 0.0450. The van der Waals surface area contributed by atoms with E-state index in [-0.39, 0.29) is 24.3 Å². The van der Waals surface area contributed by atoms with Crippen molar-refractivity contribution in [2.45, 2.75) is 37.9 Å². The Morgan fingerprint density at radius 1 is 1.03 bits per heavy atom. The number of fused-ring (bicyclic) bond motifs is 1. The molecule has 5 rings (SSSR count). The van der Waals surface area contributed by atoms with Gasteiger partial charge in [0.15, 0.2) is 0 Å². The molecular weight excluding hydrogens is 514 g/mol. The highest BCUT2D eigenvalue weighted by molar-refractivity contribution is 6.58. The van der Waals surface area contributed by atoms with E-state index in [1.807, 2.05) is 24.0 Å². The molecule has 0 bridgehead atoms. The van der Waals surface area contributed by atoms with Gasteiger partial charge in [-0.15, -0.1) is 0 Å². The molecule has 0 unspecified atom stereocenters. The lowest BCUT2D eigenvalue weighted by molar-refractivity contribution is 0.155. The van der Waals surface area contributed by atoms with Gasteiger partial charge < -0.3 is 20.3 Å². The molecular formula is C28H30BClF3N3O2. The van der Waals surface area contributed by atoms with Crippen LogP contribution in [0.4, 0.5) is 24.5 Å². The second-order valence-electron chi connectivity index (χ2n) is 10.2. The predicted molar refractivity (Wildman–Crippen MR) is 146 cm³/mol. The van der Waals surface area contributed by atoms with Crippen molar-refractivity contribution in [3.63, 3.8) is 0 Å². The molecule has 3 aromatic carbocycles. The molecule has 2 heterocycles. The molecule has 1 saturated heterocycles. The van der Waals surface area contributed by atoms with Gasteiger partial charge in [-0.1, -0.05) is 29.8 Å². The first-order valence-corrected chi connectivity index (χ1v) is 13.2. The molecule has 0 aromatic heterocycles. The highest BCUT2D eigenvalue weighted by Gasteiger charge is 2.37. The Bertz CT molecular complexity index is 1270. The number of rotatable bonds is 8. The molecule has 0 amide bonds. The van der Waals surface area contributed by atoms with Crippen molar-refractivity contribution in [1.29, 1.82) is 0 Å². The quantitative estimate of drug-likeness (QED) is 0.370. The van der Waals surface area contributed by atoms with Gasteiger partial charge in [-0.3, -0.25) is 9.29 Å². The normalized spacial score (nSPS) is 19.7.